The molecule has 0 fully saturated rings. The molecule has 0 saturated heterocycles. The number of thioether (sulfide) groups is 1. The fourth-order valence-corrected chi connectivity index (χ4v) is 3.46. The number of carbonyl (C=O) groups is 2. The lowest BCUT2D eigenvalue weighted by Gasteiger charge is -2.12. The Morgan fingerprint density at radius 3 is 2.70 bits per heavy atom. The van der Waals surface area contributed by atoms with Gasteiger partial charge in [0.05, 0.1) is 17.0 Å². The molecule has 3 aromatic rings. The van der Waals surface area contributed by atoms with Crippen LogP contribution < -0.4 is 10.6 Å². The van der Waals surface area contributed by atoms with Crippen molar-refractivity contribution in [1.82, 2.24) is 15.5 Å². The Morgan fingerprint density at radius 1 is 1.13 bits per heavy atom. The number of aromatic nitrogens is 2. The largest absolute Gasteiger partial charge is 0.411 e. The molecule has 0 bridgehead atoms. The van der Waals surface area contributed by atoms with Crippen molar-refractivity contribution in [3.63, 3.8) is 0 Å². The maximum Gasteiger partial charge on any atom is 0.277 e. The number of para-hydroxylation sites is 1. The summed E-state index contributed by atoms with van der Waals surface area (Å²) in [7, 11) is 0. The molecule has 0 aliphatic carbocycles. The second-order valence-corrected chi connectivity index (χ2v) is 8.71. The van der Waals surface area contributed by atoms with Crippen LogP contribution in [0.5, 0.6) is 0 Å². The van der Waals surface area contributed by atoms with Crippen molar-refractivity contribution in [2.45, 2.75) is 19.1 Å². The standard InChI is InChI=1S/C21H21BrN4O3S/c1-13(2)11-23-19(28)16-8-3-4-9-17(16)24-18(27)12-30-21-26-25-20(29-21)14-6-5-7-15(22)10-14/h3-10,13H,11-12H2,1-2H3,(H,23,28)(H,24,27). The Labute approximate surface area is 187 Å². The summed E-state index contributed by atoms with van der Waals surface area (Å²) >= 11 is 4.54. The van der Waals surface area contributed by atoms with E-state index >= 15 is 0 Å². The molecule has 1 aromatic heterocycles. The number of carbonyl (C=O) groups excluding carboxylic acids is 2. The van der Waals surface area contributed by atoms with Crippen LogP contribution in [0.3, 0.4) is 0 Å². The summed E-state index contributed by atoms with van der Waals surface area (Å²) in [6, 6.07) is 14.4. The lowest BCUT2D eigenvalue weighted by atomic mass is 10.1. The molecule has 2 N–H and O–H groups in total. The highest BCUT2D eigenvalue weighted by Gasteiger charge is 2.15. The fraction of sp³-hybridized carbons (Fsp3) is 0.238. The van der Waals surface area contributed by atoms with Gasteiger partial charge in [0.2, 0.25) is 11.8 Å². The van der Waals surface area contributed by atoms with E-state index in [1.807, 2.05) is 38.1 Å². The first-order valence-electron chi connectivity index (χ1n) is 9.31. The lowest BCUT2D eigenvalue weighted by Crippen LogP contribution is -2.28. The zero-order valence-corrected chi connectivity index (χ0v) is 18.9. The lowest BCUT2D eigenvalue weighted by molar-refractivity contribution is -0.113. The zero-order chi connectivity index (χ0) is 21.5. The summed E-state index contributed by atoms with van der Waals surface area (Å²) in [6.45, 7) is 4.60. The molecule has 9 heteroatoms. The van der Waals surface area contributed by atoms with Crippen LogP contribution in [0.1, 0.15) is 24.2 Å². The van der Waals surface area contributed by atoms with Gasteiger partial charge in [0.25, 0.3) is 11.1 Å². The molecule has 0 saturated carbocycles. The third-order valence-corrected chi connectivity index (χ3v) is 5.23. The summed E-state index contributed by atoms with van der Waals surface area (Å²) in [5, 5.41) is 13.9. The average Bonchev–Trinajstić information content (AvgIpc) is 3.20. The third kappa shape index (κ3) is 6.17. The smallest absolute Gasteiger partial charge is 0.277 e. The quantitative estimate of drug-likeness (QED) is 0.449. The number of hydrogen-bond acceptors (Lipinski definition) is 6. The predicted octanol–water partition coefficient (Wildman–Crippen LogP) is 4.62. The van der Waals surface area contributed by atoms with Gasteiger partial charge < -0.3 is 15.1 Å². The number of hydrogen-bond donors (Lipinski definition) is 2. The van der Waals surface area contributed by atoms with Crippen LogP contribution in [-0.2, 0) is 4.79 Å². The van der Waals surface area contributed by atoms with Gasteiger partial charge >= 0.3 is 0 Å². The topological polar surface area (TPSA) is 97.1 Å². The summed E-state index contributed by atoms with van der Waals surface area (Å²) in [4.78, 5) is 24.8. The van der Waals surface area contributed by atoms with E-state index in [-0.39, 0.29) is 17.6 Å². The van der Waals surface area contributed by atoms with Gasteiger partial charge in [-0.2, -0.15) is 0 Å². The molecule has 30 heavy (non-hydrogen) atoms. The maximum atomic E-state index is 12.4. The maximum absolute atomic E-state index is 12.4. The molecule has 0 spiro atoms. The minimum Gasteiger partial charge on any atom is -0.411 e. The minimum atomic E-state index is -0.272. The van der Waals surface area contributed by atoms with E-state index in [2.05, 4.69) is 36.8 Å². The van der Waals surface area contributed by atoms with Crippen molar-refractivity contribution >= 4 is 45.2 Å². The summed E-state index contributed by atoms with van der Waals surface area (Å²) < 4.78 is 6.52. The minimum absolute atomic E-state index is 0.0715. The van der Waals surface area contributed by atoms with Crippen molar-refractivity contribution in [3.05, 3.63) is 58.6 Å². The molecule has 156 valence electrons. The number of benzene rings is 2. The van der Waals surface area contributed by atoms with E-state index in [0.717, 1.165) is 21.8 Å². The number of rotatable bonds is 8. The summed E-state index contributed by atoms with van der Waals surface area (Å²) in [5.74, 6) is 0.297. The number of anilines is 1. The molecule has 0 aliphatic rings. The van der Waals surface area contributed by atoms with Crippen LogP contribution >= 0.6 is 27.7 Å². The van der Waals surface area contributed by atoms with Gasteiger partial charge in [-0.3, -0.25) is 9.59 Å². The Balaban J connectivity index is 1.59. The van der Waals surface area contributed by atoms with Gasteiger partial charge in [-0.15, -0.1) is 10.2 Å². The van der Waals surface area contributed by atoms with E-state index in [1.54, 1.807) is 24.3 Å². The normalized spacial score (nSPS) is 10.8. The highest BCUT2D eigenvalue weighted by Crippen LogP contribution is 2.25. The van der Waals surface area contributed by atoms with E-state index in [4.69, 9.17) is 4.42 Å². The highest BCUT2D eigenvalue weighted by molar-refractivity contribution is 9.10. The number of nitrogens with zero attached hydrogens (tertiary/aromatic N) is 2. The Hall–Kier alpha value is -2.65. The van der Waals surface area contributed by atoms with Gasteiger partial charge in [0, 0.05) is 16.6 Å². The molecule has 0 radical (unpaired) electrons. The molecule has 3 rings (SSSR count). The van der Waals surface area contributed by atoms with E-state index in [1.165, 1.54) is 0 Å². The Morgan fingerprint density at radius 2 is 1.93 bits per heavy atom. The van der Waals surface area contributed by atoms with Crippen molar-refractivity contribution in [1.29, 1.82) is 0 Å². The van der Waals surface area contributed by atoms with Crippen molar-refractivity contribution in [2.75, 3.05) is 17.6 Å². The molecule has 0 unspecified atom stereocenters. The molecular formula is C21H21BrN4O3S. The molecular weight excluding hydrogens is 468 g/mol. The van der Waals surface area contributed by atoms with Crippen LogP contribution in [0.15, 0.2) is 62.6 Å². The molecule has 1 heterocycles. The van der Waals surface area contributed by atoms with Crippen LogP contribution in [0, 0.1) is 5.92 Å². The van der Waals surface area contributed by atoms with Gasteiger partial charge in [-0.1, -0.05) is 59.7 Å². The number of amides is 2. The van der Waals surface area contributed by atoms with E-state index < -0.39 is 0 Å². The van der Waals surface area contributed by atoms with Crippen molar-refractivity contribution in [3.8, 4) is 11.5 Å². The number of nitrogens with one attached hydrogen (secondary N) is 2. The summed E-state index contributed by atoms with van der Waals surface area (Å²) in [5.41, 5.74) is 1.67. The van der Waals surface area contributed by atoms with Crippen LogP contribution in [0.4, 0.5) is 5.69 Å². The van der Waals surface area contributed by atoms with Crippen LogP contribution in [0.2, 0.25) is 0 Å². The molecule has 7 nitrogen and oxygen atoms in total. The second kappa shape index (κ2) is 10.4. The van der Waals surface area contributed by atoms with E-state index in [9.17, 15) is 9.59 Å². The number of halogens is 1. The first kappa shape index (κ1) is 22.0. The first-order chi connectivity index (χ1) is 14.4. The molecule has 0 atom stereocenters. The van der Waals surface area contributed by atoms with Gasteiger partial charge in [-0.25, -0.2) is 0 Å². The van der Waals surface area contributed by atoms with Crippen molar-refractivity contribution < 1.29 is 14.0 Å². The van der Waals surface area contributed by atoms with Gasteiger partial charge in [0.15, 0.2) is 0 Å². The fourth-order valence-electron chi connectivity index (χ4n) is 2.50. The van der Waals surface area contributed by atoms with Gasteiger partial charge in [0.1, 0.15) is 0 Å². The third-order valence-electron chi connectivity index (χ3n) is 3.92. The van der Waals surface area contributed by atoms with Crippen LogP contribution in [-0.4, -0.2) is 34.3 Å². The Bertz CT molecular complexity index is 1040. The molecule has 0 aliphatic heterocycles. The van der Waals surface area contributed by atoms with Gasteiger partial charge in [-0.05, 0) is 36.2 Å². The summed E-state index contributed by atoms with van der Waals surface area (Å²) in [6.07, 6.45) is 0. The zero-order valence-electron chi connectivity index (χ0n) is 16.5. The Kier molecular flexibility index (Phi) is 7.64. The first-order valence-corrected chi connectivity index (χ1v) is 11.1. The monoisotopic (exact) mass is 488 g/mol. The second-order valence-electron chi connectivity index (χ2n) is 6.87. The molecule has 2 amide bonds. The average molecular weight is 489 g/mol. The van der Waals surface area contributed by atoms with E-state index in [0.29, 0.717) is 34.8 Å². The predicted molar refractivity (Wildman–Crippen MR) is 120 cm³/mol. The van der Waals surface area contributed by atoms with Crippen LogP contribution in [0.25, 0.3) is 11.5 Å². The van der Waals surface area contributed by atoms with Crippen molar-refractivity contribution in [2.24, 2.45) is 5.92 Å². The molecule has 2 aromatic carbocycles. The highest BCUT2D eigenvalue weighted by atomic mass is 79.9. The SMILES string of the molecule is CC(C)CNC(=O)c1ccccc1NC(=O)CSc1nnc(-c2cccc(Br)c2)o1.